The Morgan fingerprint density at radius 2 is 1.83 bits per heavy atom. The molecule has 2 heterocycles. The van der Waals surface area contributed by atoms with Gasteiger partial charge in [0.15, 0.2) is 5.82 Å². The topological polar surface area (TPSA) is 113 Å². The van der Waals surface area contributed by atoms with Crippen LogP contribution in [0.25, 0.3) is 0 Å². The SMILES string of the molecule is Cc1cc(Nc2cc(Nc3ccccc3C(=O)O)ncn2)no1. The molecule has 0 radical (unpaired) electrons. The molecule has 3 N–H and O–H groups in total. The van der Waals surface area contributed by atoms with Crippen LogP contribution in [0, 0.1) is 6.92 Å². The van der Waals surface area contributed by atoms with Gasteiger partial charge < -0.3 is 20.3 Å². The van der Waals surface area contributed by atoms with E-state index in [0.717, 1.165) is 0 Å². The Balaban J connectivity index is 1.82. The molecule has 0 spiro atoms. The van der Waals surface area contributed by atoms with Crippen molar-refractivity contribution in [2.24, 2.45) is 0 Å². The molecule has 1 aromatic carbocycles. The van der Waals surface area contributed by atoms with Crippen molar-refractivity contribution >= 4 is 29.1 Å². The van der Waals surface area contributed by atoms with E-state index in [9.17, 15) is 9.90 Å². The van der Waals surface area contributed by atoms with E-state index in [2.05, 4.69) is 25.8 Å². The Kier molecular flexibility index (Phi) is 3.88. The van der Waals surface area contributed by atoms with Crippen LogP contribution in [0.4, 0.5) is 23.1 Å². The normalized spacial score (nSPS) is 10.3. The zero-order chi connectivity index (χ0) is 16.2. The predicted octanol–water partition coefficient (Wildman–Crippen LogP) is 2.96. The van der Waals surface area contributed by atoms with E-state index >= 15 is 0 Å². The van der Waals surface area contributed by atoms with Crippen molar-refractivity contribution in [3.63, 3.8) is 0 Å². The summed E-state index contributed by atoms with van der Waals surface area (Å²) in [6.45, 7) is 1.79. The van der Waals surface area contributed by atoms with Gasteiger partial charge in [0, 0.05) is 12.1 Å². The molecular weight excluding hydrogens is 298 g/mol. The molecule has 0 aliphatic rings. The fourth-order valence-electron chi connectivity index (χ4n) is 1.97. The van der Waals surface area contributed by atoms with Gasteiger partial charge in [0.2, 0.25) is 0 Å². The molecule has 0 unspecified atom stereocenters. The lowest BCUT2D eigenvalue weighted by molar-refractivity contribution is 0.0698. The lowest BCUT2D eigenvalue weighted by Crippen LogP contribution is -2.04. The molecule has 23 heavy (non-hydrogen) atoms. The first-order valence-electron chi connectivity index (χ1n) is 6.73. The highest BCUT2D eigenvalue weighted by atomic mass is 16.5. The lowest BCUT2D eigenvalue weighted by atomic mass is 10.2. The number of aromatic nitrogens is 3. The second-order valence-corrected chi connectivity index (χ2v) is 4.71. The van der Waals surface area contributed by atoms with Crippen molar-refractivity contribution in [1.29, 1.82) is 0 Å². The Morgan fingerprint density at radius 1 is 1.09 bits per heavy atom. The summed E-state index contributed by atoms with van der Waals surface area (Å²) < 4.78 is 4.97. The smallest absolute Gasteiger partial charge is 0.337 e. The van der Waals surface area contributed by atoms with Crippen LogP contribution in [-0.2, 0) is 0 Å². The van der Waals surface area contributed by atoms with Crippen LogP contribution >= 0.6 is 0 Å². The maximum atomic E-state index is 11.2. The standard InChI is InChI=1S/C15H13N5O3/c1-9-6-14(20-23-9)19-13-7-12(16-8-17-13)18-11-5-3-2-4-10(11)15(21)22/h2-8H,1H3,(H,21,22)(H2,16,17,18,19,20). The zero-order valence-electron chi connectivity index (χ0n) is 12.1. The van der Waals surface area contributed by atoms with Gasteiger partial charge >= 0.3 is 5.97 Å². The Hall–Kier alpha value is -3.42. The number of carbonyl (C=O) groups is 1. The van der Waals surface area contributed by atoms with Gasteiger partial charge in [-0.2, -0.15) is 0 Å². The summed E-state index contributed by atoms with van der Waals surface area (Å²) in [6, 6.07) is 9.96. The van der Waals surface area contributed by atoms with E-state index in [1.165, 1.54) is 12.4 Å². The van der Waals surface area contributed by atoms with E-state index < -0.39 is 5.97 Å². The van der Waals surface area contributed by atoms with Crippen molar-refractivity contribution in [2.45, 2.75) is 6.92 Å². The molecule has 8 heteroatoms. The highest BCUT2D eigenvalue weighted by Crippen LogP contribution is 2.21. The zero-order valence-corrected chi connectivity index (χ0v) is 12.1. The second-order valence-electron chi connectivity index (χ2n) is 4.71. The minimum Gasteiger partial charge on any atom is -0.478 e. The van der Waals surface area contributed by atoms with Crippen LogP contribution in [0.2, 0.25) is 0 Å². The minimum atomic E-state index is -1.02. The van der Waals surface area contributed by atoms with Crippen molar-refractivity contribution in [2.75, 3.05) is 10.6 Å². The molecule has 0 saturated heterocycles. The molecule has 3 rings (SSSR count). The molecule has 0 saturated carbocycles. The van der Waals surface area contributed by atoms with Gasteiger partial charge in [-0.3, -0.25) is 0 Å². The number of aryl methyl sites for hydroxylation is 1. The number of hydrogen-bond donors (Lipinski definition) is 3. The summed E-state index contributed by atoms with van der Waals surface area (Å²) in [5, 5.41) is 19.0. The third-order valence-corrected chi connectivity index (χ3v) is 2.97. The summed E-state index contributed by atoms with van der Waals surface area (Å²) in [4.78, 5) is 19.4. The Morgan fingerprint density at radius 3 is 2.52 bits per heavy atom. The van der Waals surface area contributed by atoms with E-state index in [4.69, 9.17) is 4.52 Å². The van der Waals surface area contributed by atoms with Crippen LogP contribution in [-0.4, -0.2) is 26.2 Å². The first-order valence-corrected chi connectivity index (χ1v) is 6.73. The quantitative estimate of drug-likeness (QED) is 0.659. The molecule has 0 aliphatic heterocycles. The second kappa shape index (κ2) is 6.14. The number of carboxylic acid groups (broad SMARTS) is 1. The van der Waals surface area contributed by atoms with Gasteiger partial charge in [-0.05, 0) is 19.1 Å². The molecule has 3 aromatic rings. The van der Waals surface area contributed by atoms with Crippen molar-refractivity contribution in [3.05, 3.63) is 54.0 Å². The van der Waals surface area contributed by atoms with Gasteiger partial charge in [-0.1, -0.05) is 17.3 Å². The van der Waals surface area contributed by atoms with Gasteiger partial charge in [0.05, 0.1) is 11.3 Å². The summed E-state index contributed by atoms with van der Waals surface area (Å²) >= 11 is 0. The number of benzene rings is 1. The Labute approximate surface area is 131 Å². The number of anilines is 4. The molecule has 0 fully saturated rings. The highest BCUT2D eigenvalue weighted by molar-refractivity contribution is 5.95. The number of nitrogens with one attached hydrogen (secondary N) is 2. The largest absolute Gasteiger partial charge is 0.478 e. The maximum absolute atomic E-state index is 11.2. The van der Waals surface area contributed by atoms with E-state index in [-0.39, 0.29) is 5.56 Å². The van der Waals surface area contributed by atoms with E-state index in [1.54, 1.807) is 37.3 Å². The van der Waals surface area contributed by atoms with Crippen LogP contribution in [0.1, 0.15) is 16.1 Å². The van der Waals surface area contributed by atoms with Crippen LogP contribution in [0.15, 0.2) is 47.2 Å². The van der Waals surface area contributed by atoms with Gasteiger partial charge in [-0.15, -0.1) is 0 Å². The average molecular weight is 311 g/mol. The minimum absolute atomic E-state index is 0.160. The molecule has 0 aliphatic carbocycles. The van der Waals surface area contributed by atoms with Crippen LogP contribution in [0.3, 0.4) is 0 Å². The van der Waals surface area contributed by atoms with Gasteiger partial charge in [0.25, 0.3) is 0 Å². The summed E-state index contributed by atoms with van der Waals surface area (Å²) in [5.41, 5.74) is 0.606. The summed E-state index contributed by atoms with van der Waals surface area (Å²) in [6.07, 6.45) is 1.36. The van der Waals surface area contributed by atoms with Gasteiger partial charge in [-0.25, -0.2) is 14.8 Å². The van der Waals surface area contributed by atoms with E-state index in [0.29, 0.717) is 28.9 Å². The fourth-order valence-corrected chi connectivity index (χ4v) is 1.97. The van der Waals surface area contributed by atoms with Gasteiger partial charge in [0.1, 0.15) is 23.7 Å². The first kappa shape index (κ1) is 14.5. The highest BCUT2D eigenvalue weighted by Gasteiger charge is 2.10. The first-order chi connectivity index (χ1) is 11.1. The third kappa shape index (κ3) is 3.43. The number of aromatic carboxylic acids is 1. The van der Waals surface area contributed by atoms with Crippen molar-refractivity contribution in [3.8, 4) is 0 Å². The van der Waals surface area contributed by atoms with Crippen LogP contribution in [0.5, 0.6) is 0 Å². The maximum Gasteiger partial charge on any atom is 0.337 e. The number of nitrogens with zero attached hydrogens (tertiary/aromatic N) is 3. The Bertz CT molecular complexity index is 846. The molecular formula is C15H13N5O3. The molecule has 2 aromatic heterocycles. The molecule has 116 valence electrons. The predicted molar refractivity (Wildman–Crippen MR) is 83.2 cm³/mol. The van der Waals surface area contributed by atoms with E-state index in [1.807, 2.05) is 0 Å². The van der Waals surface area contributed by atoms with Crippen molar-refractivity contribution < 1.29 is 14.4 Å². The monoisotopic (exact) mass is 311 g/mol. The molecule has 0 bridgehead atoms. The lowest BCUT2D eigenvalue weighted by Gasteiger charge is -2.09. The number of carboxylic acids is 1. The number of hydrogen-bond acceptors (Lipinski definition) is 7. The molecule has 8 nitrogen and oxygen atoms in total. The third-order valence-electron chi connectivity index (χ3n) is 2.97. The number of rotatable bonds is 5. The fraction of sp³-hybridized carbons (Fsp3) is 0.0667. The van der Waals surface area contributed by atoms with Crippen molar-refractivity contribution in [1.82, 2.24) is 15.1 Å². The molecule has 0 amide bonds. The average Bonchev–Trinajstić information content (AvgIpc) is 2.93. The molecule has 0 atom stereocenters. The van der Waals surface area contributed by atoms with Crippen LogP contribution < -0.4 is 10.6 Å². The summed E-state index contributed by atoms with van der Waals surface area (Å²) in [5.74, 6) is 1.15. The summed E-state index contributed by atoms with van der Waals surface area (Å²) in [7, 11) is 0. The number of para-hydroxylation sites is 1.